The average Bonchev–Trinajstić information content (AvgIpc) is 2.33. The summed E-state index contributed by atoms with van der Waals surface area (Å²) in [5.74, 6) is 4.38. The van der Waals surface area contributed by atoms with E-state index in [-0.39, 0.29) is 0 Å². The first-order valence-electron chi connectivity index (χ1n) is 7.49. The quantitative estimate of drug-likeness (QED) is 0.856. The molecule has 102 valence electrons. The molecular weight excluding hydrogens is 236 g/mol. The third kappa shape index (κ3) is 1.80. The summed E-state index contributed by atoms with van der Waals surface area (Å²) < 4.78 is 0. The molecule has 4 aliphatic carbocycles. The van der Waals surface area contributed by atoms with Crippen molar-refractivity contribution in [2.45, 2.75) is 51.0 Å². The molecule has 4 saturated carbocycles. The van der Waals surface area contributed by atoms with Gasteiger partial charge in [0.1, 0.15) is 18.0 Å². The molecule has 1 aromatic heterocycles. The fraction of sp³-hybridized carbons (Fsp3) is 0.733. The molecule has 0 atom stereocenters. The van der Waals surface area contributed by atoms with Crippen molar-refractivity contribution in [2.24, 2.45) is 17.8 Å². The number of hydrogen-bond acceptors (Lipinski definition) is 4. The van der Waals surface area contributed by atoms with Crippen molar-refractivity contribution in [3.8, 4) is 0 Å². The number of anilines is 2. The Labute approximate surface area is 114 Å². The van der Waals surface area contributed by atoms with Crippen molar-refractivity contribution in [2.75, 3.05) is 11.1 Å². The van der Waals surface area contributed by atoms with Crippen molar-refractivity contribution in [1.29, 1.82) is 0 Å². The molecule has 0 amide bonds. The van der Waals surface area contributed by atoms with E-state index in [0.717, 1.165) is 29.1 Å². The first-order valence-corrected chi connectivity index (χ1v) is 7.49. The van der Waals surface area contributed by atoms with Gasteiger partial charge in [0.2, 0.25) is 0 Å². The number of nitrogen functional groups attached to an aromatic ring is 1. The molecule has 4 aliphatic rings. The zero-order valence-corrected chi connectivity index (χ0v) is 11.5. The standard InChI is InChI=1S/C15H22N4/c1-9-13(16)17-8-18-14(9)19-15-5-10-2-11(6-15)4-12(3-10)7-15/h8,10-12H,2-7H2,1H3,(H3,16,17,18,19). The summed E-state index contributed by atoms with van der Waals surface area (Å²) in [6, 6.07) is 0. The van der Waals surface area contributed by atoms with Gasteiger partial charge in [-0.1, -0.05) is 0 Å². The molecule has 0 unspecified atom stereocenters. The molecule has 0 saturated heterocycles. The Kier molecular flexibility index (Phi) is 2.32. The molecule has 4 nitrogen and oxygen atoms in total. The normalized spacial score (nSPS) is 39.5. The van der Waals surface area contributed by atoms with Crippen molar-refractivity contribution in [1.82, 2.24) is 9.97 Å². The van der Waals surface area contributed by atoms with E-state index in [9.17, 15) is 0 Å². The SMILES string of the molecule is Cc1c(N)ncnc1NC12CC3CC(CC(C3)C1)C2. The summed E-state index contributed by atoms with van der Waals surface area (Å²) in [6.07, 6.45) is 9.93. The Morgan fingerprint density at radius 3 is 2.26 bits per heavy atom. The van der Waals surface area contributed by atoms with Gasteiger partial charge >= 0.3 is 0 Å². The van der Waals surface area contributed by atoms with E-state index in [1.165, 1.54) is 38.5 Å². The Balaban J connectivity index is 1.64. The number of nitrogens with two attached hydrogens (primary N) is 1. The van der Waals surface area contributed by atoms with E-state index >= 15 is 0 Å². The summed E-state index contributed by atoms with van der Waals surface area (Å²) in [5, 5.41) is 3.76. The third-order valence-corrected chi connectivity index (χ3v) is 5.54. The fourth-order valence-corrected chi connectivity index (χ4v) is 5.10. The lowest BCUT2D eigenvalue weighted by atomic mass is 9.53. The predicted octanol–water partition coefficient (Wildman–Crippen LogP) is 2.75. The number of hydrogen-bond donors (Lipinski definition) is 2. The van der Waals surface area contributed by atoms with Gasteiger partial charge in [0.05, 0.1) is 0 Å². The summed E-state index contributed by atoms with van der Waals surface area (Å²) in [7, 11) is 0. The van der Waals surface area contributed by atoms with Gasteiger partial charge in [-0.05, 0) is 63.2 Å². The van der Waals surface area contributed by atoms with Gasteiger partial charge in [0.15, 0.2) is 0 Å². The van der Waals surface area contributed by atoms with Gasteiger partial charge in [-0.2, -0.15) is 0 Å². The minimum atomic E-state index is 0.292. The van der Waals surface area contributed by atoms with Crippen LogP contribution in [0.4, 0.5) is 11.6 Å². The van der Waals surface area contributed by atoms with Gasteiger partial charge in [-0.25, -0.2) is 9.97 Å². The van der Waals surface area contributed by atoms with Gasteiger partial charge in [0.25, 0.3) is 0 Å². The number of nitrogens with one attached hydrogen (secondary N) is 1. The van der Waals surface area contributed by atoms with Crippen LogP contribution in [-0.2, 0) is 0 Å². The molecule has 0 radical (unpaired) electrons. The predicted molar refractivity (Wildman–Crippen MR) is 75.7 cm³/mol. The minimum Gasteiger partial charge on any atom is -0.383 e. The van der Waals surface area contributed by atoms with Crippen LogP contribution in [0, 0.1) is 24.7 Å². The Hall–Kier alpha value is -1.32. The van der Waals surface area contributed by atoms with E-state index in [1.807, 2.05) is 6.92 Å². The van der Waals surface area contributed by atoms with E-state index in [4.69, 9.17) is 5.73 Å². The van der Waals surface area contributed by atoms with Crippen LogP contribution < -0.4 is 11.1 Å². The maximum Gasteiger partial charge on any atom is 0.134 e. The minimum absolute atomic E-state index is 0.292. The van der Waals surface area contributed by atoms with Crippen molar-refractivity contribution >= 4 is 11.6 Å². The molecule has 5 rings (SSSR count). The van der Waals surface area contributed by atoms with Gasteiger partial charge in [-0.15, -0.1) is 0 Å². The lowest BCUT2D eigenvalue weighted by Gasteiger charge is -2.57. The van der Waals surface area contributed by atoms with Crippen molar-refractivity contribution < 1.29 is 0 Å². The molecule has 1 aromatic rings. The van der Waals surface area contributed by atoms with Crippen LogP contribution >= 0.6 is 0 Å². The lowest BCUT2D eigenvalue weighted by molar-refractivity contribution is 0.0105. The second-order valence-corrected chi connectivity index (χ2v) is 7.06. The summed E-state index contributed by atoms with van der Waals surface area (Å²) in [5.41, 5.74) is 7.19. The monoisotopic (exact) mass is 258 g/mol. The van der Waals surface area contributed by atoms with E-state index < -0.39 is 0 Å². The maximum absolute atomic E-state index is 5.90. The molecule has 0 spiro atoms. The highest BCUT2D eigenvalue weighted by Crippen LogP contribution is 2.56. The molecule has 4 heteroatoms. The van der Waals surface area contributed by atoms with Crippen LogP contribution in [0.2, 0.25) is 0 Å². The zero-order valence-electron chi connectivity index (χ0n) is 11.5. The molecule has 0 aromatic carbocycles. The molecule has 1 heterocycles. The number of rotatable bonds is 2. The molecule has 4 bridgehead atoms. The van der Waals surface area contributed by atoms with E-state index in [2.05, 4.69) is 15.3 Å². The Morgan fingerprint density at radius 2 is 1.68 bits per heavy atom. The van der Waals surface area contributed by atoms with Crippen LogP contribution in [0.25, 0.3) is 0 Å². The number of aromatic nitrogens is 2. The average molecular weight is 258 g/mol. The summed E-state index contributed by atoms with van der Waals surface area (Å²) in [6.45, 7) is 2.01. The van der Waals surface area contributed by atoms with Crippen LogP contribution in [0.3, 0.4) is 0 Å². The lowest BCUT2D eigenvalue weighted by Crippen LogP contribution is -2.55. The highest BCUT2D eigenvalue weighted by atomic mass is 15.1. The second-order valence-electron chi connectivity index (χ2n) is 7.06. The van der Waals surface area contributed by atoms with Crippen LogP contribution in [0.1, 0.15) is 44.1 Å². The van der Waals surface area contributed by atoms with Crippen molar-refractivity contribution in [3.63, 3.8) is 0 Å². The molecule has 3 N–H and O–H groups in total. The van der Waals surface area contributed by atoms with Crippen LogP contribution in [0.5, 0.6) is 0 Å². The maximum atomic E-state index is 5.90. The summed E-state index contributed by atoms with van der Waals surface area (Å²) in [4.78, 5) is 8.47. The first-order chi connectivity index (χ1) is 9.13. The number of nitrogens with zero attached hydrogens (tertiary/aromatic N) is 2. The topological polar surface area (TPSA) is 63.8 Å². The van der Waals surface area contributed by atoms with Crippen LogP contribution in [-0.4, -0.2) is 15.5 Å². The molecular formula is C15H22N4. The van der Waals surface area contributed by atoms with Crippen LogP contribution in [0.15, 0.2) is 6.33 Å². The molecule has 19 heavy (non-hydrogen) atoms. The molecule has 0 aliphatic heterocycles. The van der Waals surface area contributed by atoms with Crippen molar-refractivity contribution in [3.05, 3.63) is 11.9 Å². The Bertz CT molecular complexity index is 476. The highest BCUT2D eigenvalue weighted by molar-refractivity contribution is 5.55. The summed E-state index contributed by atoms with van der Waals surface area (Å²) >= 11 is 0. The van der Waals surface area contributed by atoms with Gasteiger partial charge in [-0.3, -0.25) is 0 Å². The van der Waals surface area contributed by atoms with E-state index in [1.54, 1.807) is 6.33 Å². The van der Waals surface area contributed by atoms with Gasteiger partial charge in [0, 0.05) is 11.1 Å². The third-order valence-electron chi connectivity index (χ3n) is 5.54. The Morgan fingerprint density at radius 1 is 1.11 bits per heavy atom. The first kappa shape index (κ1) is 11.5. The fourth-order valence-electron chi connectivity index (χ4n) is 5.10. The second kappa shape index (κ2) is 3.84. The highest BCUT2D eigenvalue weighted by Gasteiger charge is 2.51. The molecule has 4 fully saturated rings. The van der Waals surface area contributed by atoms with Gasteiger partial charge < -0.3 is 11.1 Å². The smallest absolute Gasteiger partial charge is 0.134 e. The zero-order chi connectivity index (χ0) is 13.0. The largest absolute Gasteiger partial charge is 0.383 e. The van der Waals surface area contributed by atoms with E-state index in [0.29, 0.717) is 11.4 Å².